The third-order valence-electron chi connectivity index (χ3n) is 3.90. The molecule has 0 amide bonds. The zero-order chi connectivity index (χ0) is 15.0. The van der Waals surface area contributed by atoms with Gasteiger partial charge < -0.3 is 5.11 Å². The Kier molecular flexibility index (Phi) is 4.43. The van der Waals surface area contributed by atoms with Crippen LogP contribution in [0.5, 0.6) is 0 Å². The number of carboxylic acid groups (broad SMARTS) is 1. The zero-order valence-corrected chi connectivity index (χ0v) is 10.7. The van der Waals surface area contributed by atoms with Crippen molar-refractivity contribution in [2.24, 2.45) is 10.8 Å². The molecule has 7 heteroatoms. The average Bonchev–Trinajstić information content (AvgIpc) is 2.24. The first kappa shape index (κ1) is 17.1. The van der Waals surface area contributed by atoms with Crippen LogP contribution >= 0.6 is 0 Å². The molecule has 0 aromatic heterocycles. The van der Waals surface area contributed by atoms with E-state index in [0.717, 1.165) is 13.8 Å². The Morgan fingerprint density at radius 3 is 1.56 bits per heavy atom. The van der Waals surface area contributed by atoms with E-state index in [-0.39, 0.29) is 0 Å². The van der Waals surface area contributed by atoms with Crippen molar-refractivity contribution in [2.45, 2.75) is 52.6 Å². The van der Waals surface area contributed by atoms with Gasteiger partial charge in [0.05, 0.1) is 0 Å². The molecule has 0 aliphatic heterocycles. The third-order valence-corrected chi connectivity index (χ3v) is 3.90. The number of hydrogen-bond acceptors (Lipinski definition) is 1. The molecule has 0 aromatic rings. The average molecular weight is 276 g/mol. The molecule has 18 heavy (non-hydrogen) atoms. The highest BCUT2D eigenvalue weighted by atomic mass is 19.4. The van der Waals surface area contributed by atoms with Gasteiger partial charge in [0.25, 0.3) is 5.92 Å². The quantitative estimate of drug-likeness (QED) is 0.767. The van der Waals surface area contributed by atoms with E-state index in [4.69, 9.17) is 5.11 Å². The fraction of sp³-hybridized carbons (Fsp3) is 0.909. The first-order chi connectivity index (χ1) is 7.81. The van der Waals surface area contributed by atoms with E-state index in [1.807, 2.05) is 0 Å². The first-order valence-corrected chi connectivity index (χ1v) is 5.49. The van der Waals surface area contributed by atoms with Gasteiger partial charge >= 0.3 is 12.1 Å². The molecule has 0 aliphatic rings. The minimum absolute atomic E-state index is 0.365. The van der Waals surface area contributed by atoms with Crippen LogP contribution in [0.4, 0.5) is 22.0 Å². The highest BCUT2D eigenvalue weighted by Crippen LogP contribution is 2.59. The lowest BCUT2D eigenvalue weighted by atomic mass is 9.66. The summed E-state index contributed by atoms with van der Waals surface area (Å²) in [6.07, 6.45) is -6.68. The Bertz CT molecular complexity index is 326. The number of carboxylic acids is 1. The van der Waals surface area contributed by atoms with Crippen LogP contribution in [0.1, 0.15) is 40.5 Å². The summed E-state index contributed by atoms with van der Waals surface area (Å²) in [6, 6.07) is 0. The molecule has 2 nitrogen and oxygen atoms in total. The van der Waals surface area contributed by atoms with Crippen molar-refractivity contribution in [1.82, 2.24) is 0 Å². The summed E-state index contributed by atoms with van der Waals surface area (Å²) >= 11 is 0. The second kappa shape index (κ2) is 4.66. The van der Waals surface area contributed by atoms with Crippen LogP contribution in [0.2, 0.25) is 0 Å². The molecule has 0 saturated heterocycles. The Labute approximate surface area is 102 Å². The Balaban J connectivity index is 5.96. The van der Waals surface area contributed by atoms with E-state index in [1.54, 1.807) is 0 Å². The predicted molar refractivity (Wildman–Crippen MR) is 55.4 cm³/mol. The summed E-state index contributed by atoms with van der Waals surface area (Å²) in [7, 11) is 0. The molecule has 0 rings (SSSR count). The molecule has 1 N–H and O–H groups in total. The SMILES string of the molecule is CCC(C)(C(=O)O)C(F)(F)C(C)(CC)C(F)(F)F. The van der Waals surface area contributed by atoms with Gasteiger partial charge in [-0.2, -0.15) is 13.2 Å². The van der Waals surface area contributed by atoms with E-state index >= 15 is 0 Å². The third kappa shape index (κ3) is 2.07. The lowest BCUT2D eigenvalue weighted by molar-refractivity contribution is -0.320. The summed E-state index contributed by atoms with van der Waals surface area (Å²) in [6.45, 7) is 3.12. The fourth-order valence-corrected chi connectivity index (χ4v) is 1.72. The predicted octanol–water partition coefficient (Wildman–Crippen LogP) is 4.10. The molecule has 0 radical (unpaired) electrons. The molecule has 0 fully saturated rings. The highest BCUT2D eigenvalue weighted by Gasteiger charge is 2.72. The molecule has 0 aliphatic carbocycles. The van der Waals surface area contributed by atoms with Gasteiger partial charge in [0.2, 0.25) is 0 Å². The Morgan fingerprint density at radius 1 is 1.00 bits per heavy atom. The maximum atomic E-state index is 14.2. The van der Waals surface area contributed by atoms with Crippen molar-refractivity contribution in [3.05, 3.63) is 0 Å². The molecule has 0 saturated carbocycles. The zero-order valence-electron chi connectivity index (χ0n) is 10.7. The van der Waals surface area contributed by atoms with E-state index in [1.165, 1.54) is 0 Å². The van der Waals surface area contributed by atoms with Crippen LogP contribution in [0, 0.1) is 10.8 Å². The summed E-state index contributed by atoms with van der Waals surface area (Å²) in [5, 5.41) is 8.85. The molecule has 0 aromatic carbocycles. The molecular formula is C11H17F5O2. The molecule has 2 atom stereocenters. The van der Waals surface area contributed by atoms with Crippen LogP contribution in [-0.4, -0.2) is 23.2 Å². The lowest BCUT2D eigenvalue weighted by Crippen LogP contribution is -2.60. The van der Waals surface area contributed by atoms with E-state index in [2.05, 4.69) is 0 Å². The molecule has 0 bridgehead atoms. The number of alkyl halides is 5. The second-order valence-corrected chi connectivity index (χ2v) is 4.75. The van der Waals surface area contributed by atoms with Gasteiger partial charge in [0, 0.05) is 0 Å². The summed E-state index contributed by atoms with van der Waals surface area (Å²) in [5.41, 5.74) is -6.13. The van der Waals surface area contributed by atoms with Gasteiger partial charge in [0.15, 0.2) is 0 Å². The fourth-order valence-electron chi connectivity index (χ4n) is 1.72. The first-order valence-electron chi connectivity index (χ1n) is 5.49. The van der Waals surface area contributed by atoms with Crippen LogP contribution in [0.25, 0.3) is 0 Å². The lowest BCUT2D eigenvalue weighted by Gasteiger charge is -2.45. The van der Waals surface area contributed by atoms with Crippen molar-refractivity contribution < 1.29 is 31.9 Å². The van der Waals surface area contributed by atoms with Gasteiger partial charge in [0.1, 0.15) is 10.8 Å². The Hall–Kier alpha value is -0.880. The minimum Gasteiger partial charge on any atom is -0.481 e. The molecule has 2 unspecified atom stereocenters. The van der Waals surface area contributed by atoms with Crippen molar-refractivity contribution in [3.63, 3.8) is 0 Å². The highest BCUT2D eigenvalue weighted by molar-refractivity contribution is 5.75. The van der Waals surface area contributed by atoms with Crippen LogP contribution in [0.3, 0.4) is 0 Å². The standard InChI is InChI=1S/C11H17F5O2/c1-5-8(3,7(17)18)10(12,13)9(4,6-2)11(14,15)16/h5-6H2,1-4H3,(H,17,18). The smallest absolute Gasteiger partial charge is 0.400 e. The van der Waals surface area contributed by atoms with Crippen molar-refractivity contribution >= 4 is 5.97 Å². The normalized spacial score (nSPS) is 20.1. The van der Waals surface area contributed by atoms with Gasteiger partial charge in [-0.05, 0) is 26.7 Å². The van der Waals surface area contributed by atoms with E-state index < -0.39 is 41.7 Å². The van der Waals surface area contributed by atoms with Gasteiger partial charge in [-0.3, -0.25) is 4.79 Å². The molecular weight excluding hydrogens is 259 g/mol. The molecule has 0 spiro atoms. The summed E-state index contributed by atoms with van der Waals surface area (Å²) in [4.78, 5) is 10.9. The van der Waals surface area contributed by atoms with Gasteiger partial charge in [-0.1, -0.05) is 13.8 Å². The topological polar surface area (TPSA) is 37.3 Å². The Morgan fingerprint density at radius 2 is 1.39 bits per heavy atom. The van der Waals surface area contributed by atoms with Gasteiger partial charge in [-0.25, -0.2) is 8.78 Å². The van der Waals surface area contributed by atoms with Crippen molar-refractivity contribution in [1.29, 1.82) is 0 Å². The van der Waals surface area contributed by atoms with Crippen LogP contribution in [-0.2, 0) is 4.79 Å². The molecule has 0 heterocycles. The minimum atomic E-state index is -5.18. The van der Waals surface area contributed by atoms with Crippen molar-refractivity contribution in [2.75, 3.05) is 0 Å². The number of carbonyl (C=O) groups is 1. The maximum absolute atomic E-state index is 14.2. The largest absolute Gasteiger partial charge is 0.481 e. The monoisotopic (exact) mass is 276 g/mol. The number of rotatable bonds is 5. The second-order valence-electron chi connectivity index (χ2n) is 4.75. The van der Waals surface area contributed by atoms with E-state index in [9.17, 15) is 26.7 Å². The number of halogens is 5. The summed E-state index contributed by atoms with van der Waals surface area (Å²) in [5.74, 6) is -6.34. The van der Waals surface area contributed by atoms with Crippen LogP contribution in [0.15, 0.2) is 0 Å². The molecule has 108 valence electrons. The van der Waals surface area contributed by atoms with Crippen LogP contribution < -0.4 is 0 Å². The van der Waals surface area contributed by atoms with E-state index in [0.29, 0.717) is 13.8 Å². The number of aliphatic carboxylic acids is 1. The van der Waals surface area contributed by atoms with Gasteiger partial charge in [-0.15, -0.1) is 0 Å². The maximum Gasteiger partial charge on any atom is 0.400 e. The van der Waals surface area contributed by atoms with Crippen molar-refractivity contribution in [3.8, 4) is 0 Å². The summed E-state index contributed by atoms with van der Waals surface area (Å²) < 4.78 is 66.9. The number of hydrogen-bond donors (Lipinski definition) is 1.